The van der Waals surface area contributed by atoms with Crippen molar-refractivity contribution in [2.75, 3.05) is 0 Å². The molecule has 0 spiro atoms. The van der Waals surface area contributed by atoms with Crippen LogP contribution in [0.4, 0.5) is 0 Å². The summed E-state index contributed by atoms with van der Waals surface area (Å²) in [4.78, 5) is 0. The molecule has 7 aliphatic carbocycles. The maximum atomic E-state index is 12.0. The fraction of sp³-hybridized carbons (Fsp3) is 0.895. The average molecular weight is 549 g/mol. The predicted molar refractivity (Wildman–Crippen MR) is 165 cm³/mol. The molecule has 7 rings (SSSR count). The van der Waals surface area contributed by atoms with Crippen LogP contribution in [0.3, 0.4) is 0 Å². The summed E-state index contributed by atoms with van der Waals surface area (Å²) in [5.74, 6) is 5.94. The summed E-state index contributed by atoms with van der Waals surface area (Å²) in [6.45, 7) is 19.6. The van der Waals surface area contributed by atoms with Crippen LogP contribution in [0, 0.1) is 70.0 Å². The highest BCUT2D eigenvalue weighted by Crippen LogP contribution is 2.73. The van der Waals surface area contributed by atoms with E-state index in [0.29, 0.717) is 59.2 Å². The van der Waals surface area contributed by atoms with Gasteiger partial charge in [-0.1, -0.05) is 76.7 Å². The number of hydrogen-bond donors (Lipinski definition) is 2. The first kappa shape index (κ1) is 28.2. The van der Waals surface area contributed by atoms with E-state index in [1.807, 2.05) is 22.3 Å². The van der Waals surface area contributed by atoms with Gasteiger partial charge in [-0.2, -0.15) is 0 Å². The Morgan fingerprint density at radius 1 is 0.550 bits per heavy atom. The Morgan fingerprint density at radius 3 is 1.27 bits per heavy atom. The van der Waals surface area contributed by atoms with Crippen LogP contribution >= 0.6 is 0 Å². The van der Waals surface area contributed by atoms with E-state index in [9.17, 15) is 10.2 Å². The molecular weight excluding hydrogens is 488 g/mol. The zero-order valence-corrected chi connectivity index (χ0v) is 27.2. The van der Waals surface area contributed by atoms with Gasteiger partial charge < -0.3 is 10.2 Å². The number of hydrogen-bond acceptors (Lipinski definition) is 2. The van der Waals surface area contributed by atoms with Crippen molar-refractivity contribution in [3.05, 3.63) is 22.3 Å². The van der Waals surface area contributed by atoms with Crippen molar-refractivity contribution >= 4 is 0 Å². The summed E-state index contributed by atoms with van der Waals surface area (Å²) in [6, 6.07) is 0. The summed E-state index contributed by atoms with van der Waals surface area (Å²) in [7, 11) is 0. The van der Waals surface area contributed by atoms with Gasteiger partial charge in [0.15, 0.2) is 0 Å². The average Bonchev–Trinajstić information content (AvgIpc) is 2.86. The lowest BCUT2D eigenvalue weighted by Gasteiger charge is -2.67. The minimum absolute atomic E-state index is 0.222. The van der Waals surface area contributed by atoms with Gasteiger partial charge in [0, 0.05) is 11.8 Å². The highest BCUT2D eigenvalue weighted by Gasteiger charge is 2.65. The van der Waals surface area contributed by atoms with Gasteiger partial charge in [0.05, 0.1) is 11.2 Å². The fourth-order valence-corrected chi connectivity index (χ4v) is 13.7. The second kappa shape index (κ2) is 8.97. The van der Waals surface area contributed by atoms with E-state index < -0.39 is 11.2 Å². The molecule has 12 atom stereocenters. The number of rotatable bonds is 2. The van der Waals surface area contributed by atoms with Gasteiger partial charge in [-0.3, -0.25) is 0 Å². The van der Waals surface area contributed by atoms with E-state index in [1.165, 1.54) is 64.2 Å². The van der Waals surface area contributed by atoms with Gasteiger partial charge >= 0.3 is 0 Å². The van der Waals surface area contributed by atoms with Gasteiger partial charge in [-0.15, -0.1) is 0 Å². The Bertz CT molecular complexity index is 1030. The predicted octanol–water partition coefficient (Wildman–Crippen LogP) is 9.11. The van der Waals surface area contributed by atoms with Gasteiger partial charge in [-0.05, 0) is 136 Å². The zero-order chi connectivity index (χ0) is 28.6. The largest absolute Gasteiger partial charge is 0.390 e. The molecule has 0 aliphatic heterocycles. The number of aliphatic hydroxyl groups is 2. The first-order valence-electron chi connectivity index (χ1n) is 17.6. The molecule has 0 aromatic carbocycles. The zero-order valence-electron chi connectivity index (χ0n) is 27.2. The Morgan fingerprint density at radius 2 is 0.925 bits per heavy atom. The normalized spacial score (nSPS) is 53.7. The Balaban J connectivity index is 1.49. The van der Waals surface area contributed by atoms with E-state index in [0.717, 1.165) is 12.8 Å². The van der Waals surface area contributed by atoms with Crippen molar-refractivity contribution in [3.8, 4) is 0 Å². The topological polar surface area (TPSA) is 40.5 Å². The Hall–Kier alpha value is -0.600. The minimum atomic E-state index is -0.539. The van der Waals surface area contributed by atoms with Crippen LogP contribution in [0.25, 0.3) is 0 Å². The lowest BCUT2D eigenvalue weighted by molar-refractivity contribution is -0.145. The summed E-state index contributed by atoms with van der Waals surface area (Å²) in [5.41, 5.74) is 6.94. The van der Waals surface area contributed by atoms with Crippen molar-refractivity contribution < 1.29 is 10.2 Å². The van der Waals surface area contributed by atoms with Crippen LogP contribution in [-0.2, 0) is 0 Å². The maximum Gasteiger partial charge on any atom is 0.0653 e. The smallest absolute Gasteiger partial charge is 0.0653 e. The molecule has 224 valence electrons. The van der Waals surface area contributed by atoms with Crippen LogP contribution in [0.2, 0.25) is 0 Å². The SMILES string of the molecule is CC(C)C1CCC2C3=C1C1CC4C(C)(O)CCCC4(C)C4CCC(C(C)C)C(=C14)C3CC1C(C)(O)CCCC21C. The monoisotopic (exact) mass is 548 g/mol. The first-order chi connectivity index (χ1) is 18.7. The molecule has 4 fully saturated rings. The van der Waals surface area contributed by atoms with Crippen molar-refractivity contribution in [1.82, 2.24) is 0 Å². The fourth-order valence-electron chi connectivity index (χ4n) is 13.7. The van der Waals surface area contributed by atoms with Crippen LogP contribution in [0.5, 0.6) is 0 Å². The summed E-state index contributed by atoms with van der Waals surface area (Å²) >= 11 is 0. The lowest BCUT2D eigenvalue weighted by Crippen LogP contribution is -2.61. The van der Waals surface area contributed by atoms with Crippen molar-refractivity contribution in [3.63, 3.8) is 0 Å². The molecule has 0 aromatic rings. The molecule has 0 amide bonds. The van der Waals surface area contributed by atoms with Crippen molar-refractivity contribution in [2.24, 2.45) is 70.0 Å². The second-order valence-electron chi connectivity index (χ2n) is 17.9. The molecule has 0 radical (unpaired) electrons. The maximum absolute atomic E-state index is 12.0. The van der Waals surface area contributed by atoms with Crippen LogP contribution in [0.15, 0.2) is 22.3 Å². The van der Waals surface area contributed by atoms with Crippen LogP contribution in [0.1, 0.15) is 132 Å². The molecule has 0 heterocycles. The minimum Gasteiger partial charge on any atom is -0.390 e. The summed E-state index contributed by atoms with van der Waals surface area (Å²) < 4.78 is 0. The number of allylic oxidation sites excluding steroid dienone is 4. The molecule has 12 unspecified atom stereocenters. The van der Waals surface area contributed by atoms with E-state index in [1.54, 1.807) is 0 Å². The van der Waals surface area contributed by atoms with Gasteiger partial charge in [-0.25, -0.2) is 0 Å². The van der Waals surface area contributed by atoms with E-state index >= 15 is 0 Å². The molecule has 4 saturated carbocycles. The quantitative estimate of drug-likeness (QED) is 0.338. The first-order valence-corrected chi connectivity index (χ1v) is 17.6. The third-order valence-corrected chi connectivity index (χ3v) is 15.3. The van der Waals surface area contributed by atoms with Gasteiger partial charge in [0.1, 0.15) is 0 Å². The Kier molecular flexibility index (Phi) is 6.32. The van der Waals surface area contributed by atoms with Crippen LogP contribution < -0.4 is 0 Å². The van der Waals surface area contributed by atoms with Crippen molar-refractivity contribution in [1.29, 1.82) is 0 Å². The van der Waals surface area contributed by atoms with E-state index in [4.69, 9.17) is 0 Å². The second-order valence-corrected chi connectivity index (χ2v) is 17.9. The third kappa shape index (κ3) is 3.60. The molecule has 40 heavy (non-hydrogen) atoms. The summed E-state index contributed by atoms with van der Waals surface area (Å²) in [6.07, 6.45) is 14.6. The third-order valence-electron chi connectivity index (χ3n) is 15.3. The molecule has 0 bridgehead atoms. The van der Waals surface area contributed by atoms with Crippen LogP contribution in [-0.4, -0.2) is 21.4 Å². The molecular formula is C38H60O2. The lowest BCUT2D eigenvalue weighted by atomic mass is 9.38. The van der Waals surface area contributed by atoms with Crippen molar-refractivity contribution in [2.45, 2.75) is 144 Å². The molecule has 0 aromatic heterocycles. The van der Waals surface area contributed by atoms with Gasteiger partial charge in [0.2, 0.25) is 0 Å². The standard InChI is InChI=1S/C38H60O2/c1-21(2)23-11-13-27-33-26(20-30-35(27,5)15-9-18-38(30,8)40)32-24(22(3)4)12-14-28-34(32)25(31(23)33)19-29-36(28,6)16-10-17-37(29,7)39/h21-30,39-40H,9-20H2,1-8H3. The molecule has 2 heteroatoms. The van der Waals surface area contributed by atoms with Gasteiger partial charge in [0.25, 0.3) is 0 Å². The Labute approximate surface area is 245 Å². The van der Waals surface area contributed by atoms with E-state index in [2.05, 4.69) is 55.4 Å². The molecule has 0 saturated heterocycles. The molecule has 2 N–H and O–H groups in total. The number of fused-ring (bicyclic) bond motifs is 6. The molecule has 7 aliphatic rings. The highest BCUT2D eigenvalue weighted by atomic mass is 16.3. The summed E-state index contributed by atoms with van der Waals surface area (Å²) in [5, 5.41) is 24.0. The molecule has 2 nitrogen and oxygen atoms in total. The van der Waals surface area contributed by atoms with E-state index in [-0.39, 0.29) is 10.8 Å². The highest BCUT2D eigenvalue weighted by molar-refractivity contribution is 5.51.